The smallest absolute Gasteiger partial charge is 0.151 e. The summed E-state index contributed by atoms with van der Waals surface area (Å²) in [4.78, 5) is 0. The molecule has 0 aliphatic carbocycles. The lowest BCUT2D eigenvalue weighted by Crippen LogP contribution is -2.17. The van der Waals surface area contributed by atoms with Crippen molar-refractivity contribution in [2.75, 3.05) is 23.1 Å². The average Bonchev–Trinajstić information content (AvgIpc) is 3.28. The zero-order valence-corrected chi connectivity index (χ0v) is 20.6. The van der Waals surface area contributed by atoms with Gasteiger partial charge in [-0.15, -0.1) is 0 Å². The Labute approximate surface area is 202 Å². The summed E-state index contributed by atoms with van der Waals surface area (Å²) in [6.45, 7) is 11.9. The molecule has 0 aliphatic rings. The highest BCUT2D eigenvalue weighted by atomic mass is 16.3. The van der Waals surface area contributed by atoms with E-state index in [1.807, 2.05) is 41.4 Å². The van der Waals surface area contributed by atoms with Crippen LogP contribution in [0.1, 0.15) is 43.2 Å². The molecular weight excluding hydrogens is 420 g/mol. The van der Waals surface area contributed by atoms with Gasteiger partial charge in [-0.1, -0.05) is 35.4 Å². The lowest BCUT2D eigenvalue weighted by Gasteiger charge is -2.18. The Morgan fingerprint density at radius 3 is 1.97 bits per heavy atom. The lowest BCUT2D eigenvalue weighted by atomic mass is 10.1. The van der Waals surface area contributed by atoms with Crippen LogP contribution < -0.4 is 10.0 Å². The number of furan rings is 1. The highest BCUT2D eigenvalue weighted by Crippen LogP contribution is 2.23. The number of aryl methyl sites for hydroxylation is 2. The lowest BCUT2D eigenvalue weighted by molar-refractivity contribution is 0.603. The molecule has 0 saturated carbocycles. The fourth-order valence-electron chi connectivity index (χ4n) is 3.76. The van der Waals surface area contributed by atoms with Gasteiger partial charge in [0.05, 0.1) is 17.6 Å². The van der Waals surface area contributed by atoms with E-state index in [9.17, 15) is 0 Å². The van der Waals surface area contributed by atoms with Gasteiger partial charge in [-0.05, 0) is 88.7 Å². The first kappa shape index (κ1) is 23.3. The third kappa shape index (κ3) is 5.37. The Bertz CT molecular complexity index is 1300. The maximum absolute atomic E-state index is 6.10. The quantitative estimate of drug-likeness (QED) is 0.210. The number of rotatable bonds is 8. The molecule has 174 valence electrons. The van der Waals surface area contributed by atoms with Gasteiger partial charge in [0.15, 0.2) is 5.76 Å². The van der Waals surface area contributed by atoms with Gasteiger partial charge in [0.25, 0.3) is 0 Å². The standard InChI is InChI=1S/C29H32N4O/c1-6-32(26-13-8-21(3)9-14-26)30-20-24-12-17-28-25(18-24)19-29(34-28)23(5)31-33(7-2)27-15-10-22(4)11-16-27/h8-20H,6-7H2,1-5H3/b30-20+,31-23+. The van der Waals surface area contributed by atoms with Crippen molar-refractivity contribution in [1.82, 2.24) is 0 Å². The van der Waals surface area contributed by atoms with Crippen molar-refractivity contribution in [3.05, 3.63) is 95.2 Å². The molecule has 1 aromatic heterocycles. The summed E-state index contributed by atoms with van der Waals surface area (Å²) in [7, 11) is 0. The number of fused-ring (bicyclic) bond motifs is 1. The molecule has 0 spiro atoms. The minimum atomic E-state index is 0.768. The molecule has 3 aromatic carbocycles. The summed E-state index contributed by atoms with van der Waals surface area (Å²) in [6.07, 6.45) is 1.90. The van der Waals surface area contributed by atoms with Crippen molar-refractivity contribution in [1.29, 1.82) is 0 Å². The summed E-state index contributed by atoms with van der Waals surface area (Å²) in [5.41, 5.74) is 7.32. The molecule has 4 aromatic rings. The Morgan fingerprint density at radius 1 is 0.794 bits per heavy atom. The molecule has 34 heavy (non-hydrogen) atoms. The molecule has 5 heteroatoms. The monoisotopic (exact) mass is 452 g/mol. The van der Waals surface area contributed by atoms with E-state index >= 15 is 0 Å². The number of nitrogens with zero attached hydrogens (tertiary/aromatic N) is 4. The fourth-order valence-corrected chi connectivity index (χ4v) is 3.76. The van der Waals surface area contributed by atoms with Crippen LogP contribution in [0.2, 0.25) is 0 Å². The zero-order valence-electron chi connectivity index (χ0n) is 20.6. The van der Waals surface area contributed by atoms with Crippen molar-refractivity contribution in [3.8, 4) is 0 Å². The maximum atomic E-state index is 6.10. The summed E-state index contributed by atoms with van der Waals surface area (Å²) in [5, 5.41) is 14.5. The van der Waals surface area contributed by atoms with Crippen LogP contribution in [-0.4, -0.2) is 25.0 Å². The third-order valence-corrected chi connectivity index (χ3v) is 5.78. The Morgan fingerprint density at radius 2 is 1.38 bits per heavy atom. The Hall–Kier alpha value is -3.86. The molecule has 0 atom stereocenters. The topological polar surface area (TPSA) is 44.3 Å². The van der Waals surface area contributed by atoms with Crippen LogP contribution in [0, 0.1) is 13.8 Å². The summed E-state index contributed by atoms with van der Waals surface area (Å²) < 4.78 is 6.10. The van der Waals surface area contributed by atoms with Crippen LogP contribution in [-0.2, 0) is 0 Å². The number of hydrogen-bond acceptors (Lipinski definition) is 5. The molecule has 0 radical (unpaired) electrons. The Kier molecular flexibility index (Phi) is 7.12. The molecule has 0 N–H and O–H groups in total. The second kappa shape index (κ2) is 10.4. The van der Waals surface area contributed by atoms with Gasteiger partial charge in [0.1, 0.15) is 11.3 Å². The summed E-state index contributed by atoms with van der Waals surface area (Å²) in [5.74, 6) is 0.768. The molecule has 0 fully saturated rings. The van der Waals surface area contributed by atoms with Crippen LogP contribution in [0.4, 0.5) is 11.4 Å². The third-order valence-electron chi connectivity index (χ3n) is 5.78. The second-order valence-electron chi connectivity index (χ2n) is 8.44. The number of anilines is 2. The molecule has 5 nitrogen and oxygen atoms in total. The predicted octanol–water partition coefficient (Wildman–Crippen LogP) is 7.16. The van der Waals surface area contributed by atoms with E-state index in [0.717, 1.165) is 52.5 Å². The van der Waals surface area contributed by atoms with E-state index in [1.54, 1.807) is 0 Å². The van der Waals surface area contributed by atoms with Crippen LogP contribution in [0.5, 0.6) is 0 Å². The van der Waals surface area contributed by atoms with Crippen LogP contribution in [0.25, 0.3) is 11.0 Å². The molecule has 0 unspecified atom stereocenters. The number of hydrogen-bond donors (Lipinski definition) is 0. The van der Waals surface area contributed by atoms with E-state index < -0.39 is 0 Å². The van der Waals surface area contributed by atoms with Crippen molar-refractivity contribution in [3.63, 3.8) is 0 Å². The predicted molar refractivity (Wildman–Crippen MR) is 144 cm³/mol. The van der Waals surface area contributed by atoms with Crippen LogP contribution in [0.3, 0.4) is 0 Å². The summed E-state index contributed by atoms with van der Waals surface area (Å²) in [6, 6.07) is 25.0. The van der Waals surface area contributed by atoms with Crippen molar-refractivity contribution < 1.29 is 4.42 Å². The Balaban J connectivity index is 1.55. The first-order valence-electron chi connectivity index (χ1n) is 11.8. The average molecular weight is 453 g/mol. The van der Waals surface area contributed by atoms with E-state index in [4.69, 9.17) is 14.6 Å². The van der Waals surface area contributed by atoms with Gasteiger partial charge >= 0.3 is 0 Å². The molecule has 4 rings (SSSR count). The van der Waals surface area contributed by atoms with Gasteiger partial charge in [-0.3, -0.25) is 10.0 Å². The van der Waals surface area contributed by atoms with Gasteiger partial charge < -0.3 is 4.42 Å². The number of benzene rings is 3. The van der Waals surface area contributed by atoms with E-state index in [-0.39, 0.29) is 0 Å². The highest BCUT2D eigenvalue weighted by molar-refractivity contribution is 6.01. The van der Waals surface area contributed by atoms with Gasteiger partial charge in [0, 0.05) is 18.5 Å². The summed E-state index contributed by atoms with van der Waals surface area (Å²) >= 11 is 0. The normalized spacial score (nSPS) is 12.0. The van der Waals surface area contributed by atoms with E-state index in [2.05, 4.69) is 82.3 Å². The highest BCUT2D eigenvalue weighted by Gasteiger charge is 2.10. The molecular formula is C29H32N4O. The molecule has 0 bridgehead atoms. The largest absolute Gasteiger partial charge is 0.455 e. The first-order chi connectivity index (χ1) is 16.5. The van der Waals surface area contributed by atoms with E-state index in [0.29, 0.717) is 0 Å². The van der Waals surface area contributed by atoms with Crippen molar-refractivity contribution in [2.45, 2.75) is 34.6 Å². The first-order valence-corrected chi connectivity index (χ1v) is 11.8. The van der Waals surface area contributed by atoms with Crippen LogP contribution >= 0.6 is 0 Å². The van der Waals surface area contributed by atoms with E-state index in [1.165, 1.54) is 11.1 Å². The van der Waals surface area contributed by atoms with Gasteiger partial charge in [-0.2, -0.15) is 10.2 Å². The van der Waals surface area contributed by atoms with Crippen molar-refractivity contribution >= 4 is 34.3 Å². The van der Waals surface area contributed by atoms with Crippen LogP contribution in [0.15, 0.2) is 87.4 Å². The zero-order chi connectivity index (χ0) is 24.1. The number of hydrazone groups is 2. The van der Waals surface area contributed by atoms with Crippen molar-refractivity contribution in [2.24, 2.45) is 10.2 Å². The molecule has 0 amide bonds. The maximum Gasteiger partial charge on any atom is 0.151 e. The minimum absolute atomic E-state index is 0.768. The van der Waals surface area contributed by atoms with Gasteiger partial charge in [0.2, 0.25) is 0 Å². The second-order valence-corrected chi connectivity index (χ2v) is 8.44. The fraction of sp³-hybridized carbons (Fsp3) is 0.241. The van der Waals surface area contributed by atoms with Gasteiger partial charge in [-0.25, -0.2) is 0 Å². The minimum Gasteiger partial charge on any atom is -0.455 e. The SMILES string of the molecule is CCN(/N=C/c1ccc2oc(/C(C)=N/N(CC)c3ccc(C)cc3)cc2c1)c1ccc(C)cc1. The molecule has 0 saturated heterocycles. The molecule has 1 heterocycles. The molecule has 0 aliphatic heterocycles.